The lowest BCUT2D eigenvalue weighted by Crippen LogP contribution is -2.46. The number of imidazole rings is 1. The molecule has 142 valence electrons. The van der Waals surface area contributed by atoms with Crippen LogP contribution in [-0.4, -0.2) is 38.8 Å². The predicted molar refractivity (Wildman–Crippen MR) is 101 cm³/mol. The highest BCUT2D eigenvalue weighted by atomic mass is 16.5. The number of aromatic nitrogens is 4. The zero-order chi connectivity index (χ0) is 18.1. The van der Waals surface area contributed by atoms with E-state index in [-0.39, 0.29) is 6.10 Å². The molecule has 1 spiro atoms. The van der Waals surface area contributed by atoms with Crippen LogP contribution in [0.5, 0.6) is 6.01 Å². The molecule has 3 heterocycles. The molecular weight excluding hydrogens is 328 g/mol. The number of rotatable bonds is 6. The quantitative estimate of drug-likeness (QED) is 0.825. The summed E-state index contributed by atoms with van der Waals surface area (Å²) in [5, 5.41) is 8.04. The van der Waals surface area contributed by atoms with E-state index in [0.717, 1.165) is 25.0 Å². The number of ether oxygens (including phenoxy) is 1. The molecular formula is C19H30N6O. The fraction of sp³-hybridized carbons (Fsp3) is 0.737. The Bertz CT molecular complexity index is 759. The molecule has 0 aromatic carbocycles. The van der Waals surface area contributed by atoms with Gasteiger partial charge in [-0.15, -0.1) is 5.10 Å². The third-order valence-electron chi connectivity index (χ3n) is 6.05. The summed E-state index contributed by atoms with van der Waals surface area (Å²) in [5.74, 6) is 1.10. The van der Waals surface area contributed by atoms with Gasteiger partial charge in [0.2, 0.25) is 0 Å². The number of nitrogens with two attached hydrogens (primary N) is 1. The molecule has 0 unspecified atom stereocenters. The van der Waals surface area contributed by atoms with E-state index < -0.39 is 0 Å². The van der Waals surface area contributed by atoms with Gasteiger partial charge in [0, 0.05) is 0 Å². The third kappa shape index (κ3) is 3.37. The maximum atomic E-state index is 6.09. The molecule has 7 nitrogen and oxygen atoms in total. The summed E-state index contributed by atoms with van der Waals surface area (Å²) in [6.07, 6.45) is 10.3. The molecule has 26 heavy (non-hydrogen) atoms. The normalized spacial score (nSPS) is 21.0. The predicted octanol–water partition coefficient (Wildman–Crippen LogP) is 2.60. The van der Waals surface area contributed by atoms with Crippen molar-refractivity contribution in [2.45, 2.75) is 64.9 Å². The van der Waals surface area contributed by atoms with Crippen LogP contribution < -0.4 is 15.8 Å². The standard InChI is InChI=1S/C19H30N6O/c1-3-4-13(2)26-18-23-16(20)17-22-12-15(25(17)24-18)9-14-10-19(11-14)5-7-21-8-6-19/h12-14,21H,3-11H2,1-2H3,(H2,20,23,24)/t13-/m0/s1. The van der Waals surface area contributed by atoms with E-state index in [1.807, 2.05) is 17.6 Å². The Morgan fingerprint density at radius 3 is 2.88 bits per heavy atom. The van der Waals surface area contributed by atoms with E-state index in [9.17, 15) is 0 Å². The maximum Gasteiger partial charge on any atom is 0.336 e. The van der Waals surface area contributed by atoms with Gasteiger partial charge in [0.05, 0.1) is 18.0 Å². The molecule has 4 rings (SSSR count). The van der Waals surface area contributed by atoms with Gasteiger partial charge in [-0.2, -0.15) is 4.98 Å². The molecule has 0 bridgehead atoms. The Kier molecular flexibility index (Phi) is 4.73. The lowest BCUT2D eigenvalue weighted by Gasteiger charge is -2.50. The number of hydrogen-bond donors (Lipinski definition) is 2. The smallest absolute Gasteiger partial charge is 0.336 e. The number of anilines is 1. The topological polar surface area (TPSA) is 90.4 Å². The van der Waals surface area contributed by atoms with Gasteiger partial charge in [0.1, 0.15) is 0 Å². The summed E-state index contributed by atoms with van der Waals surface area (Å²) >= 11 is 0. The van der Waals surface area contributed by atoms with Gasteiger partial charge in [-0.1, -0.05) is 13.3 Å². The minimum atomic E-state index is 0.0789. The van der Waals surface area contributed by atoms with Crippen LogP contribution in [-0.2, 0) is 6.42 Å². The number of nitrogens with zero attached hydrogens (tertiary/aromatic N) is 4. The van der Waals surface area contributed by atoms with Crippen LogP contribution in [0.15, 0.2) is 6.20 Å². The Hall–Kier alpha value is -1.89. The van der Waals surface area contributed by atoms with Crippen LogP contribution in [0.4, 0.5) is 5.82 Å². The van der Waals surface area contributed by atoms with Crippen molar-refractivity contribution in [1.29, 1.82) is 0 Å². The average molecular weight is 358 g/mol. The summed E-state index contributed by atoms with van der Waals surface area (Å²) < 4.78 is 7.68. The SMILES string of the molecule is CCC[C@H](C)Oc1nc(N)c2ncc(CC3CC4(CCNCC4)C3)n2n1. The zero-order valence-corrected chi connectivity index (χ0v) is 15.9. The first-order valence-corrected chi connectivity index (χ1v) is 9.96. The molecule has 3 N–H and O–H groups in total. The van der Waals surface area contributed by atoms with E-state index >= 15 is 0 Å². The number of nitrogens with one attached hydrogen (secondary N) is 1. The largest absolute Gasteiger partial charge is 0.459 e. The third-order valence-corrected chi connectivity index (χ3v) is 6.05. The molecule has 1 aliphatic heterocycles. The fourth-order valence-corrected chi connectivity index (χ4v) is 4.73. The number of fused-ring (bicyclic) bond motifs is 1. The van der Waals surface area contributed by atoms with Crippen LogP contribution in [0.1, 0.15) is 58.1 Å². The molecule has 2 aromatic heterocycles. The van der Waals surface area contributed by atoms with Crippen molar-refractivity contribution in [3.63, 3.8) is 0 Å². The minimum Gasteiger partial charge on any atom is -0.459 e. The van der Waals surface area contributed by atoms with E-state index in [4.69, 9.17) is 10.5 Å². The molecule has 1 saturated heterocycles. The summed E-state index contributed by atoms with van der Waals surface area (Å²) in [6, 6.07) is 0.346. The first-order valence-electron chi connectivity index (χ1n) is 9.96. The van der Waals surface area contributed by atoms with Gasteiger partial charge in [0.15, 0.2) is 11.5 Å². The Labute approximate surface area is 154 Å². The van der Waals surface area contributed by atoms with Gasteiger partial charge in [-0.3, -0.25) is 0 Å². The minimum absolute atomic E-state index is 0.0789. The van der Waals surface area contributed by atoms with Gasteiger partial charge in [-0.05, 0) is 69.9 Å². The number of piperidine rings is 1. The van der Waals surface area contributed by atoms with Crippen molar-refractivity contribution in [2.24, 2.45) is 11.3 Å². The van der Waals surface area contributed by atoms with Gasteiger partial charge < -0.3 is 15.8 Å². The summed E-state index contributed by atoms with van der Waals surface area (Å²) in [5.41, 5.74) is 8.42. The summed E-state index contributed by atoms with van der Waals surface area (Å²) in [7, 11) is 0. The molecule has 2 fully saturated rings. The molecule has 0 amide bonds. The molecule has 1 saturated carbocycles. The zero-order valence-electron chi connectivity index (χ0n) is 15.9. The van der Waals surface area contributed by atoms with Crippen LogP contribution in [0.2, 0.25) is 0 Å². The van der Waals surface area contributed by atoms with Crippen molar-refractivity contribution in [2.75, 3.05) is 18.8 Å². The second-order valence-corrected chi connectivity index (χ2v) is 8.21. The van der Waals surface area contributed by atoms with Crippen molar-refractivity contribution in [3.05, 3.63) is 11.9 Å². The lowest BCUT2D eigenvalue weighted by atomic mass is 9.57. The molecule has 7 heteroatoms. The van der Waals surface area contributed by atoms with Crippen molar-refractivity contribution in [3.8, 4) is 6.01 Å². The van der Waals surface area contributed by atoms with E-state index in [2.05, 4.69) is 27.3 Å². The molecule has 2 aliphatic rings. The fourth-order valence-electron chi connectivity index (χ4n) is 4.73. The average Bonchev–Trinajstić information content (AvgIpc) is 2.98. The van der Waals surface area contributed by atoms with Gasteiger partial charge in [-0.25, -0.2) is 9.50 Å². The molecule has 0 radical (unpaired) electrons. The number of nitrogen functional groups attached to an aromatic ring is 1. The number of hydrogen-bond acceptors (Lipinski definition) is 6. The second kappa shape index (κ2) is 7.02. The van der Waals surface area contributed by atoms with Crippen LogP contribution in [0.3, 0.4) is 0 Å². The second-order valence-electron chi connectivity index (χ2n) is 8.21. The summed E-state index contributed by atoms with van der Waals surface area (Å²) in [4.78, 5) is 8.71. The van der Waals surface area contributed by atoms with Crippen molar-refractivity contribution < 1.29 is 4.74 Å². The van der Waals surface area contributed by atoms with Crippen molar-refractivity contribution >= 4 is 11.5 Å². The molecule has 1 aliphatic carbocycles. The van der Waals surface area contributed by atoms with Gasteiger partial charge >= 0.3 is 6.01 Å². The molecule has 1 atom stereocenters. The first kappa shape index (κ1) is 17.5. The first-order chi connectivity index (χ1) is 12.6. The van der Waals surface area contributed by atoms with Crippen LogP contribution >= 0.6 is 0 Å². The highest BCUT2D eigenvalue weighted by Crippen LogP contribution is 2.52. The molecule has 2 aromatic rings. The van der Waals surface area contributed by atoms with E-state index in [0.29, 0.717) is 28.8 Å². The van der Waals surface area contributed by atoms with Crippen molar-refractivity contribution in [1.82, 2.24) is 24.9 Å². The highest BCUT2D eigenvalue weighted by Gasteiger charge is 2.44. The lowest BCUT2D eigenvalue weighted by molar-refractivity contribution is 0.0214. The van der Waals surface area contributed by atoms with Crippen LogP contribution in [0.25, 0.3) is 5.65 Å². The summed E-state index contributed by atoms with van der Waals surface area (Å²) in [6.45, 7) is 6.51. The Morgan fingerprint density at radius 1 is 1.38 bits per heavy atom. The Balaban J connectivity index is 1.48. The monoisotopic (exact) mass is 358 g/mol. The van der Waals surface area contributed by atoms with E-state index in [1.54, 1.807) is 0 Å². The van der Waals surface area contributed by atoms with E-state index in [1.165, 1.54) is 38.8 Å². The highest BCUT2D eigenvalue weighted by molar-refractivity contribution is 5.59. The van der Waals surface area contributed by atoms with Crippen LogP contribution in [0, 0.1) is 11.3 Å². The maximum absolute atomic E-state index is 6.09. The van der Waals surface area contributed by atoms with Gasteiger partial charge in [0.25, 0.3) is 0 Å². The Morgan fingerprint density at radius 2 is 2.15 bits per heavy atom.